The van der Waals surface area contributed by atoms with Crippen LogP contribution < -0.4 is 15.4 Å². The zero-order valence-electron chi connectivity index (χ0n) is 12.1. The van der Waals surface area contributed by atoms with Crippen molar-refractivity contribution < 1.29 is 9.13 Å². The summed E-state index contributed by atoms with van der Waals surface area (Å²) in [5.41, 5.74) is 0.832. The Hall–Kier alpha value is -1.78. The van der Waals surface area contributed by atoms with Crippen LogP contribution in [0.4, 0.5) is 4.39 Å². The zero-order valence-corrected chi connectivity index (χ0v) is 12.1. The van der Waals surface area contributed by atoms with Crippen LogP contribution in [0.2, 0.25) is 0 Å². The van der Waals surface area contributed by atoms with Crippen LogP contribution in [-0.2, 0) is 6.54 Å². The SMILES string of the molecule is CCNC(=NCc1ccc(OCC)c(F)c1)NC1CC1. The minimum Gasteiger partial charge on any atom is -0.491 e. The summed E-state index contributed by atoms with van der Waals surface area (Å²) in [6.45, 7) is 5.59. The third kappa shape index (κ3) is 4.40. The lowest BCUT2D eigenvalue weighted by atomic mass is 10.2. The van der Waals surface area contributed by atoms with Gasteiger partial charge in [0.05, 0.1) is 13.2 Å². The second-order valence-corrected chi connectivity index (χ2v) is 4.81. The third-order valence-corrected chi connectivity index (χ3v) is 2.98. The Kier molecular flexibility index (Phi) is 5.21. The van der Waals surface area contributed by atoms with Crippen LogP contribution in [0, 0.1) is 5.82 Å². The maximum atomic E-state index is 13.7. The Labute approximate surface area is 119 Å². The van der Waals surface area contributed by atoms with E-state index in [-0.39, 0.29) is 5.82 Å². The smallest absolute Gasteiger partial charge is 0.191 e. The van der Waals surface area contributed by atoms with E-state index < -0.39 is 0 Å². The third-order valence-electron chi connectivity index (χ3n) is 2.98. The Balaban J connectivity index is 1.98. The van der Waals surface area contributed by atoms with Crippen LogP contribution in [0.3, 0.4) is 0 Å². The van der Waals surface area contributed by atoms with E-state index in [1.165, 1.54) is 18.9 Å². The van der Waals surface area contributed by atoms with E-state index in [0.717, 1.165) is 18.1 Å². The van der Waals surface area contributed by atoms with Crippen LogP contribution in [0.15, 0.2) is 23.2 Å². The fourth-order valence-electron chi connectivity index (χ4n) is 1.83. The zero-order chi connectivity index (χ0) is 14.4. The van der Waals surface area contributed by atoms with Gasteiger partial charge >= 0.3 is 0 Å². The highest BCUT2D eigenvalue weighted by Crippen LogP contribution is 2.19. The molecule has 0 bridgehead atoms. The number of benzene rings is 1. The molecule has 110 valence electrons. The summed E-state index contributed by atoms with van der Waals surface area (Å²) >= 11 is 0. The van der Waals surface area contributed by atoms with E-state index >= 15 is 0 Å². The second-order valence-electron chi connectivity index (χ2n) is 4.81. The predicted molar refractivity (Wildman–Crippen MR) is 78.5 cm³/mol. The monoisotopic (exact) mass is 279 g/mol. The molecule has 4 nitrogen and oxygen atoms in total. The molecule has 2 N–H and O–H groups in total. The van der Waals surface area contributed by atoms with Gasteiger partial charge in [-0.05, 0) is 44.4 Å². The Bertz CT molecular complexity index is 472. The quantitative estimate of drug-likeness (QED) is 0.621. The van der Waals surface area contributed by atoms with Gasteiger partial charge in [-0.15, -0.1) is 0 Å². The number of hydrogen-bond donors (Lipinski definition) is 2. The highest BCUT2D eigenvalue weighted by molar-refractivity contribution is 5.80. The molecule has 0 aliphatic heterocycles. The normalized spacial score (nSPS) is 15.1. The molecule has 0 unspecified atom stereocenters. The summed E-state index contributed by atoms with van der Waals surface area (Å²) in [5.74, 6) is 0.757. The Morgan fingerprint density at radius 1 is 1.40 bits per heavy atom. The fraction of sp³-hybridized carbons (Fsp3) is 0.533. The summed E-state index contributed by atoms with van der Waals surface area (Å²) in [6, 6.07) is 5.53. The Morgan fingerprint density at radius 2 is 2.20 bits per heavy atom. The van der Waals surface area contributed by atoms with Gasteiger partial charge in [0.15, 0.2) is 17.5 Å². The van der Waals surface area contributed by atoms with Crippen molar-refractivity contribution in [1.29, 1.82) is 0 Å². The molecule has 1 fully saturated rings. The van der Waals surface area contributed by atoms with E-state index in [1.54, 1.807) is 6.07 Å². The summed E-state index contributed by atoms with van der Waals surface area (Å²) in [4.78, 5) is 4.47. The first-order chi connectivity index (χ1) is 9.72. The van der Waals surface area contributed by atoms with Gasteiger partial charge in [0.2, 0.25) is 0 Å². The number of nitrogens with zero attached hydrogens (tertiary/aromatic N) is 1. The van der Waals surface area contributed by atoms with Gasteiger partial charge in [-0.1, -0.05) is 6.07 Å². The molecule has 1 aliphatic carbocycles. The van der Waals surface area contributed by atoms with Crippen LogP contribution in [-0.4, -0.2) is 25.2 Å². The topological polar surface area (TPSA) is 45.7 Å². The van der Waals surface area contributed by atoms with Crippen molar-refractivity contribution in [2.75, 3.05) is 13.2 Å². The predicted octanol–water partition coefficient (Wildman–Crippen LogP) is 2.44. The van der Waals surface area contributed by atoms with Crippen LogP contribution in [0.5, 0.6) is 5.75 Å². The average Bonchev–Trinajstić information content (AvgIpc) is 3.23. The van der Waals surface area contributed by atoms with Gasteiger partial charge in [0.1, 0.15) is 0 Å². The van der Waals surface area contributed by atoms with Crippen LogP contribution >= 0.6 is 0 Å². The molecule has 20 heavy (non-hydrogen) atoms. The maximum Gasteiger partial charge on any atom is 0.191 e. The van der Waals surface area contributed by atoms with E-state index in [0.29, 0.717) is 24.9 Å². The summed E-state index contributed by atoms with van der Waals surface area (Å²) in [7, 11) is 0. The molecule has 0 saturated heterocycles. The van der Waals surface area contributed by atoms with Crippen molar-refractivity contribution in [1.82, 2.24) is 10.6 Å². The molecule has 0 amide bonds. The van der Waals surface area contributed by atoms with E-state index in [9.17, 15) is 4.39 Å². The van der Waals surface area contributed by atoms with E-state index in [1.807, 2.05) is 19.9 Å². The van der Waals surface area contributed by atoms with Crippen molar-refractivity contribution >= 4 is 5.96 Å². The molecule has 1 saturated carbocycles. The molecule has 0 atom stereocenters. The van der Waals surface area contributed by atoms with Crippen molar-refractivity contribution in [2.45, 2.75) is 39.3 Å². The summed E-state index contributed by atoms with van der Waals surface area (Å²) < 4.78 is 18.9. The molecule has 0 aromatic heterocycles. The summed E-state index contributed by atoms with van der Waals surface area (Å²) in [5, 5.41) is 6.52. The van der Waals surface area contributed by atoms with Gasteiger partial charge in [-0.3, -0.25) is 0 Å². The number of hydrogen-bond acceptors (Lipinski definition) is 2. The molecule has 5 heteroatoms. The lowest BCUT2D eigenvalue weighted by Crippen LogP contribution is -2.38. The van der Waals surface area contributed by atoms with Crippen molar-refractivity contribution in [2.24, 2.45) is 4.99 Å². The van der Waals surface area contributed by atoms with Gasteiger partial charge in [-0.25, -0.2) is 9.38 Å². The molecule has 1 aromatic carbocycles. The molecule has 2 rings (SSSR count). The van der Waals surface area contributed by atoms with Crippen LogP contribution in [0.1, 0.15) is 32.3 Å². The standard InChI is InChI=1S/C15H22FN3O/c1-3-17-15(19-12-6-7-12)18-10-11-5-8-14(20-4-2)13(16)9-11/h5,8-9,12H,3-4,6-7,10H2,1-2H3,(H2,17,18,19). The average molecular weight is 279 g/mol. The van der Waals surface area contributed by atoms with Gasteiger partial charge < -0.3 is 15.4 Å². The minimum atomic E-state index is -0.334. The molecular weight excluding hydrogens is 257 g/mol. The molecule has 0 heterocycles. The molecule has 1 aliphatic rings. The van der Waals surface area contributed by atoms with Gasteiger partial charge in [0, 0.05) is 12.6 Å². The number of rotatable bonds is 6. The van der Waals surface area contributed by atoms with Crippen molar-refractivity contribution in [3.63, 3.8) is 0 Å². The molecular formula is C15H22FN3O. The maximum absolute atomic E-state index is 13.7. The van der Waals surface area contributed by atoms with Crippen molar-refractivity contribution in [3.05, 3.63) is 29.6 Å². The van der Waals surface area contributed by atoms with Gasteiger partial charge in [-0.2, -0.15) is 0 Å². The van der Waals surface area contributed by atoms with E-state index in [4.69, 9.17) is 4.74 Å². The number of halogens is 1. The number of aliphatic imine (C=N–C) groups is 1. The molecule has 0 spiro atoms. The van der Waals surface area contributed by atoms with Gasteiger partial charge in [0.25, 0.3) is 0 Å². The fourth-order valence-corrected chi connectivity index (χ4v) is 1.83. The lowest BCUT2D eigenvalue weighted by molar-refractivity contribution is 0.321. The number of nitrogens with one attached hydrogen (secondary N) is 2. The Morgan fingerprint density at radius 3 is 2.80 bits per heavy atom. The number of guanidine groups is 1. The first kappa shape index (κ1) is 14.6. The first-order valence-corrected chi connectivity index (χ1v) is 7.19. The highest BCUT2D eigenvalue weighted by Gasteiger charge is 2.22. The molecule has 1 aromatic rings. The largest absolute Gasteiger partial charge is 0.491 e. The van der Waals surface area contributed by atoms with E-state index in [2.05, 4.69) is 15.6 Å². The lowest BCUT2D eigenvalue weighted by Gasteiger charge is -2.10. The van der Waals surface area contributed by atoms with Crippen LogP contribution in [0.25, 0.3) is 0 Å². The van der Waals surface area contributed by atoms with Crippen molar-refractivity contribution in [3.8, 4) is 5.75 Å². The molecule has 0 radical (unpaired) electrons. The minimum absolute atomic E-state index is 0.295. The summed E-state index contributed by atoms with van der Waals surface area (Å²) in [6.07, 6.45) is 2.39. The number of ether oxygens (including phenoxy) is 1. The second kappa shape index (κ2) is 7.12. The first-order valence-electron chi connectivity index (χ1n) is 7.19. The highest BCUT2D eigenvalue weighted by atomic mass is 19.1.